The third kappa shape index (κ3) is 6.14. The van der Waals surface area contributed by atoms with E-state index in [4.69, 9.17) is 9.72 Å². The van der Waals surface area contributed by atoms with Crippen molar-refractivity contribution >= 4 is 23.4 Å². The summed E-state index contributed by atoms with van der Waals surface area (Å²) in [6.45, 7) is 6.55. The number of aromatic nitrogens is 4. The molecule has 0 spiro atoms. The molecule has 1 aromatic carbocycles. The van der Waals surface area contributed by atoms with Crippen molar-refractivity contribution in [3.8, 4) is 17.5 Å². The first-order valence-electron chi connectivity index (χ1n) is 17.3. The van der Waals surface area contributed by atoms with Crippen LogP contribution in [0.4, 0.5) is 17.5 Å². The topological polar surface area (TPSA) is 127 Å². The minimum atomic E-state index is -0.0803. The first-order chi connectivity index (χ1) is 23.0. The van der Waals surface area contributed by atoms with Crippen molar-refractivity contribution in [2.45, 2.75) is 88.9 Å². The van der Waals surface area contributed by atoms with Gasteiger partial charge in [-0.25, -0.2) is 9.97 Å². The van der Waals surface area contributed by atoms with Crippen molar-refractivity contribution in [1.82, 2.24) is 34.6 Å². The number of nitrogens with one attached hydrogen (secondary N) is 2. The Morgan fingerprint density at radius 1 is 1.04 bits per heavy atom. The van der Waals surface area contributed by atoms with Crippen LogP contribution in [-0.4, -0.2) is 93.7 Å². The summed E-state index contributed by atoms with van der Waals surface area (Å²) in [6.07, 6.45) is 13.3. The number of nitrogens with zero attached hydrogens (tertiary/aromatic N) is 8. The zero-order chi connectivity index (χ0) is 32.5. The summed E-state index contributed by atoms with van der Waals surface area (Å²) in [5, 5.41) is 16.4. The Morgan fingerprint density at radius 3 is 2.51 bits per heavy atom. The summed E-state index contributed by atoms with van der Waals surface area (Å²) in [4.78, 5) is 34.9. The van der Waals surface area contributed by atoms with E-state index in [1.807, 2.05) is 16.7 Å². The Balaban J connectivity index is 1.06. The predicted octanol–water partition coefficient (Wildman–Crippen LogP) is 4.79. The van der Waals surface area contributed by atoms with Crippen LogP contribution in [0.1, 0.15) is 92.5 Å². The van der Waals surface area contributed by atoms with Gasteiger partial charge >= 0.3 is 0 Å². The van der Waals surface area contributed by atoms with E-state index in [1.54, 1.807) is 25.7 Å². The molecule has 2 N–H and O–H groups in total. The molecule has 47 heavy (non-hydrogen) atoms. The fourth-order valence-corrected chi connectivity index (χ4v) is 8.11. The maximum absolute atomic E-state index is 13.3. The van der Waals surface area contributed by atoms with Crippen LogP contribution in [0, 0.1) is 11.3 Å². The Bertz CT molecular complexity index is 1630. The van der Waals surface area contributed by atoms with Gasteiger partial charge in [-0.2, -0.15) is 10.2 Å². The summed E-state index contributed by atoms with van der Waals surface area (Å²) >= 11 is 0. The molecule has 3 aromatic rings. The Hall–Kier alpha value is -4.21. The number of piperidine rings is 2. The molecule has 2 saturated heterocycles. The van der Waals surface area contributed by atoms with E-state index in [0.717, 1.165) is 62.4 Å². The van der Waals surface area contributed by atoms with E-state index in [1.165, 1.54) is 38.8 Å². The van der Waals surface area contributed by atoms with Crippen LogP contribution in [-0.2, 0) is 0 Å². The molecule has 3 fully saturated rings. The van der Waals surface area contributed by atoms with E-state index < -0.39 is 0 Å². The molecule has 4 aliphatic rings. The standard InChI is InChI=1S/C35H46N10O2/c1-4-29-32-28(20-36)38-22-44(32)30-21-37-35(41-33(30)45(29)26-7-5-6-8-26)40-27-10-9-23(19-31(27)47-3)34(46)39-24-11-17-43(18-12-24)25-13-15-42(2)16-14-25/h9-10,19,21-22,24-26,29H,4-8,11-18H2,1-3H3,(H,39,46)(H,37,40,41)/t29-/m1/s1. The molecule has 1 aliphatic carbocycles. The summed E-state index contributed by atoms with van der Waals surface area (Å²) < 4.78 is 7.71. The van der Waals surface area contributed by atoms with Crippen molar-refractivity contribution in [2.75, 3.05) is 50.6 Å². The zero-order valence-corrected chi connectivity index (χ0v) is 27.8. The van der Waals surface area contributed by atoms with Crippen LogP contribution in [0.2, 0.25) is 0 Å². The summed E-state index contributed by atoms with van der Waals surface area (Å²) in [5.74, 6) is 1.75. The van der Waals surface area contributed by atoms with Crippen molar-refractivity contribution in [3.05, 3.63) is 47.7 Å². The maximum atomic E-state index is 13.3. The molecule has 0 bridgehead atoms. The van der Waals surface area contributed by atoms with Crippen LogP contribution in [0.3, 0.4) is 0 Å². The van der Waals surface area contributed by atoms with Gasteiger partial charge in [0.1, 0.15) is 23.8 Å². The van der Waals surface area contributed by atoms with E-state index in [0.29, 0.717) is 40.7 Å². The number of imidazole rings is 1. The molecule has 248 valence electrons. The van der Waals surface area contributed by atoms with Crippen LogP contribution < -0.4 is 20.3 Å². The number of fused-ring (bicyclic) bond motifs is 3. The number of ether oxygens (including phenoxy) is 1. The quantitative estimate of drug-likeness (QED) is 0.356. The maximum Gasteiger partial charge on any atom is 0.251 e. The van der Waals surface area contributed by atoms with Crippen molar-refractivity contribution in [2.24, 2.45) is 0 Å². The molecule has 7 rings (SSSR count). The highest BCUT2D eigenvalue weighted by atomic mass is 16.5. The number of rotatable bonds is 8. The van der Waals surface area contributed by atoms with Gasteiger partial charge in [-0.15, -0.1) is 0 Å². The van der Waals surface area contributed by atoms with E-state index in [-0.39, 0.29) is 18.0 Å². The fraction of sp³-hybridized carbons (Fsp3) is 0.571. The number of benzene rings is 1. The predicted molar refractivity (Wildman–Crippen MR) is 180 cm³/mol. The minimum Gasteiger partial charge on any atom is -0.495 e. The molecule has 3 aliphatic heterocycles. The normalized spacial score (nSPS) is 21.2. The molecule has 2 aromatic heterocycles. The second kappa shape index (κ2) is 13.5. The highest BCUT2D eigenvalue weighted by Crippen LogP contribution is 2.44. The number of carbonyl (C=O) groups is 1. The van der Waals surface area contributed by atoms with Crippen LogP contribution >= 0.6 is 0 Å². The number of anilines is 3. The number of hydrogen-bond acceptors (Lipinski definition) is 10. The van der Waals surface area contributed by atoms with Gasteiger partial charge in [-0.3, -0.25) is 9.36 Å². The van der Waals surface area contributed by atoms with Crippen molar-refractivity contribution in [1.29, 1.82) is 5.26 Å². The van der Waals surface area contributed by atoms with Gasteiger partial charge in [0.15, 0.2) is 11.5 Å². The molecule has 12 heteroatoms. The molecule has 0 unspecified atom stereocenters. The van der Waals surface area contributed by atoms with Gasteiger partial charge in [0.05, 0.1) is 30.7 Å². The van der Waals surface area contributed by atoms with Gasteiger partial charge in [0.25, 0.3) is 5.91 Å². The highest BCUT2D eigenvalue weighted by molar-refractivity contribution is 5.95. The average Bonchev–Trinajstić information content (AvgIpc) is 3.79. The minimum absolute atomic E-state index is 0.000606. The Labute approximate surface area is 277 Å². The molecule has 12 nitrogen and oxygen atoms in total. The molecule has 1 atom stereocenters. The van der Waals surface area contributed by atoms with Gasteiger partial charge in [-0.1, -0.05) is 19.8 Å². The van der Waals surface area contributed by atoms with Crippen LogP contribution in [0.15, 0.2) is 30.7 Å². The number of carbonyl (C=O) groups excluding carboxylic acids is 1. The summed E-state index contributed by atoms with van der Waals surface area (Å²) in [5.41, 5.74) is 3.44. The second-order valence-electron chi connectivity index (χ2n) is 13.5. The summed E-state index contributed by atoms with van der Waals surface area (Å²) in [7, 11) is 3.81. The Morgan fingerprint density at radius 2 is 1.81 bits per heavy atom. The lowest BCUT2D eigenvalue weighted by Crippen LogP contribution is -2.50. The molecule has 0 radical (unpaired) electrons. The van der Waals surface area contributed by atoms with E-state index in [2.05, 4.69) is 55.3 Å². The first kappa shape index (κ1) is 31.4. The van der Waals surface area contributed by atoms with E-state index in [9.17, 15) is 10.1 Å². The zero-order valence-electron chi connectivity index (χ0n) is 27.8. The smallest absolute Gasteiger partial charge is 0.251 e. The summed E-state index contributed by atoms with van der Waals surface area (Å²) in [6, 6.07) is 8.94. The number of likely N-dealkylation sites (tertiary alicyclic amines) is 2. The third-order valence-corrected chi connectivity index (χ3v) is 10.7. The lowest BCUT2D eigenvalue weighted by Gasteiger charge is -2.41. The third-order valence-electron chi connectivity index (χ3n) is 10.7. The number of nitriles is 1. The Kier molecular flexibility index (Phi) is 9.01. The molecule has 1 amide bonds. The van der Waals surface area contributed by atoms with Crippen molar-refractivity contribution in [3.63, 3.8) is 0 Å². The van der Waals surface area contributed by atoms with Gasteiger partial charge < -0.3 is 30.1 Å². The second-order valence-corrected chi connectivity index (χ2v) is 13.5. The molecular weight excluding hydrogens is 592 g/mol. The van der Waals surface area contributed by atoms with Gasteiger partial charge in [-0.05, 0) is 83.3 Å². The van der Waals surface area contributed by atoms with Crippen LogP contribution in [0.25, 0.3) is 5.69 Å². The van der Waals surface area contributed by atoms with E-state index >= 15 is 0 Å². The lowest BCUT2D eigenvalue weighted by atomic mass is 9.98. The SMILES string of the molecule is CC[C@@H]1c2c(C#N)ncn2-c2cnc(Nc3ccc(C(=O)NC4CCN(C5CCN(C)CC5)CC4)cc3OC)nc2N1C1CCCC1. The average molecular weight is 639 g/mol. The molecule has 5 heterocycles. The monoisotopic (exact) mass is 638 g/mol. The molecule has 1 saturated carbocycles. The van der Waals surface area contributed by atoms with Crippen LogP contribution in [0.5, 0.6) is 5.75 Å². The molecular formula is C35H46N10O2. The fourth-order valence-electron chi connectivity index (χ4n) is 8.11. The number of amides is 1. The number of methoxy groups -OCH3 is 1. The number of hydrogen-bond donors (Lipinski definition) is 2. The highest BCUT2D eigenvalue weighted by Gasteiger charge is 2.39. The largest absolute Gasteiger partial charge is 0.495 e. The van der Waals surface area contributed by atoms with Crippen molar-refractivity contribution < 1.29 is 9.53 Å². The first-order valence-corrected chi connectivity index (χ1v) is 17.3. The van der Waals surface area contributed by atoms with Gasteiger partial charge in [0.2, 0.25) is 5.95 Å². The lowest BCUT2D eigenvalue weighted by molar-refractivity contribution is 0.0807. The van der Waals surface area contributed by atoms with Gasteiger partial charge in [0, 0.05) is 36.8 Å².